The number of hydrogen-bond acceptors (Lipinski definition) is 2. The first-order valence-corrected chi connectivity index (χ1v) is 5.90. The molecule has 0 radical (unpaired) electrons. The van der Waals surface area contributed by atoms with Crippen molar-refractivity contribution < 1.29 is 4.79 Å². The Bertz CT molecular complexity index is 519. The average molecular weight is 243 g/mol. The van der Waals surface area contributed by atoms with Gasteiger partial charge in [-0.05, 0) is 18.1 Å². The van der Waals surface area contributed by atoms with E-state index in [2.05, 4.69) is 17.1 Å². The molecule has 1 aromatic heterocycles. The fraction of sp³-hybridized carbons (Fsp3) is 0.214. The van der Waals surface area contributed by atoms with E-state index in [1.54, 1.807) is 24.2 Å². The summed E-state index contributed by atoms with van der Waals surface area (Å²) in [6.45, 7) is 0.682. The van der Waals surface area contributed by atoms with Crippen LogP contribution in [0, 0.1) is 0 Å². The molecular weight excluding hydrogens is 226 g/mol. The highest BCUT2D eigenvalue weighted by Gasteiger charge is 2.12. The molecule has 0 atom stereocenters. The molecule has 1 heterocycles. The van der Waals surface area contributed by atoms with Crippen molar-refractivity contribution in [2.24, 2.45) is 0 Å². The maximum Gasteiger partial charge on any atom is 0.270 e. The number of likely N-dealkylation sites (N-methyl/N-ethyl adjacent to an activating group) is 1. The summed E-state index contributed by atoms with van der Waals surface area (Å²) in [6.07, 6.45) is 2.47. The minimum atomic E-state index is -0.0392. The topological polar surface area (TPSA) is 62.1 Å². The summed E-state index contributed by atoms with van der Waals surface area (Å²) in [7, 11) is 1.79. The van der Waals surface area contributed by atoms with Gasteiger partial charge in [0.1, 0.15) is 5.69 Å². The number of amides is 1. The largest absolute Gasteiger partial charge is 0.397 e. The van der Waals surface area contributed by atoms with Crippen LogP contribution in [0.15, 0.2) is 42.6 Å². The van der Waals surface area contributed by atoms with Crippen LogP contribution in [0.2, 0.25) is 0 Å². The Morgan fingerprint density at radius 1 is 1.33 bits per heavy atom. The number of aromatic amines is 1. The highest BCUT2D eigenvalue weighted by Crippen LogP contribution is 2.08. The Labute approximate surface area is 106 Å². The molecule has 0 aliphatic heterocycles. The van der Waals surface area contributed by atoms with Gasteiger partial charge < -0.3 is 15.6 Å². The number of carbonyl (C=O) groups excluding carboxylic acids is 1. The van der Waals surface area contributed by atoms with E-state index in [1.807, 2.05) is 18.2 Å². The highest BCUT2D eigenvalue weighted by atomic mass is 16.2. The van der Waals surface area contributed by atoms with E-state index in [0.29, 0.717) is 17.9 Å². The quantitative estimate of drug-likeness (QED) is 0.861. The Hall–Kier alpha value is -2.23. The zero-order chi connectivity index (χ0) is 13.0. The van der Waals surface area contributed by atoms with E-state index in [9.17, 15) is 4.79 Å². The van der Waals surface area contributed by atoms with Gasteiger partial charge in [0.05, 0.1) is 0 Å². The van der Waals surface area contributed by atoms with Crippen molar-refractivity contribution in [3.8, 4) is 0 Å². The molecule has 0 aliphatic rings. The van der Waals surface area contributed by atoms with Crippen molar-refractivity contribution in [1.82, 2.24) is 9.88 Å². The van der Waals surface area contributed by atoms with Crippen molar-refractivity contribution in [1.29, 1.82) is 0 Å². The fourth-order valence-corrected chi connectivity index (χ4v) is 1.78. The molecule has 1 amide bonds. The van der Waals surface area contributed by atoms with Crippen LogP contribution in [-0.2, 0) is 6.42 Å². The smallest absolute Gasteiger partial charge is 0.270 e. The van der Waals surface area contributed by atoms with E-state index in [4.69, 9.17) is 5.73 Å². The lowest BCUT2D eigenvalue weighted by Gasteiger charge is -2.16. The second-order valence-corrected chi connectivity index (χ2v) is 4.31. The number of nitrogens with one attached hydrogen (secondary N) is 1. The second kappa shape index (κ2) is 5.40. The number of anilines is 1. The molecule has 1 aromatic carbocycles. The predicted octanol–water partition coefficient (Wildman–Crippen LogP) is 1.91. The van der Waals surface area contributed by atoms with Gasteiger partial charge in [-0.25, -0.2) is 0 Å². The van der Waals surface area contributed by atoms with Crippen LogP contribution in [0.1, 0.15) is 16.1 Å². The van der Waals surface area contributed by atoms with Crippen LogP contribution in [0.3, 0.4) is 0 Å². The van der Waals surface area contributed by atoms with Crippen molar-refractivity contribution in [2.75, 3.05) is 19.3 Å². The molecule has 3 N–H and O–H groups in total. The molecule has 4 nitrogen and oxygen atoms in total. The van der Waals surface area contributed by atoms with Crippen LogP contribution in [0.4, 0.5) is 5.69 Å². The zero-order valence-electron chi connectivity index (χ0n) is 10.4. The first-order chi connectivity index (χ1) is 8.66. The molecule has 2 rings (SSSR count). The third-order valence-electron chi connectivity index (χ3n) is 2.86. The number of aromatic nitrogens is 1. The van der Waals surface area contributed by atoms with E-state index in [-0.39, 0.29) is 5.91 Å². The van der Waals surface area contributed by atoms with E-state index in [0.717, 1.165) is 6.42 Å². The normalized spacial score (nSPS) is 10.3. The Kier molecular flexibility index (Phi) is 3.67. The first kappa shape index (κ1) is 12.2. The molecule has 2 aromatic rings. The molecule has 0 aliphatic carbocycles. The molecule has 4 heteroatoms. The number of nitrogens with zero attached hydrogens (tertiary/aromatic N) is 1. The van der Waals surface area contributed by atoms with Gasteiger partial charge in [-0.1, -0.05) is 30.3 Å². The van der Waals surface area contributed by atoms with Gasteiger partial charge in [-0.2, -0.15) is 0 Å². The number of H-pyrrole nitrogens is 1. The minimum Gasteiger partial charge on any atom is -0.397 e. The number of rotatable bonds is 4. The standard InChI is InChI=1S/C14H17N3O/c1-17(8-7-11-5-3-2-4-6-11)14(18)13-9-12(15)10-16-13/h2-6,9-10,16H,7-8,15H2,1H3. The minimum absolute atomic E-state index is 0.0392. The molecular formula is C14H17N3O. The van der Waals surface area contributed by atoms with Crippen molar-refractivity contribution in [3.63, 3.8) is 0 Å². The van der Waals surface area contributed by atoms with Crippen molar-refractivity contribution in [2.45, 2.75) is 6.42 Å². The Balaban J connectivity index is 1.92. The van der Waals surface area contributed by atoms with Crippen LogP contribution in [-0.4, -0.2) is 29.4 Å². The van der Waals surface area contributed by atoms with Crippen molar-refractivity contribution in [3.05, 3.63) is 53.9 Å². The van der Waals surface area contributed by atoms with E-state index >= 15 is 0 Å². The lowest BCUT2D eigenvalue weighted by Crippen LogP contribution is -2.29. The fourth-order valence-electron chi connectivity index (χ4n) is 1.78. The number of nitrogens with two attached hydrogens (primary N) is 1. The van der Waals surface area contributed by atoms with Crippen molar-refractivity contribution >= 4 is 11.6 Å². The van der Waals surface area contributed by atoms with Gasteiger partial charge in [0.25, 0.3) is 5.91 Å². The van der Waals surface area contributed by atoms with Gasteiger partial charge in [0, 0.05) is 25.5 Å². The summed E-state index contributed by atoms with van der Waals surface area (Å²) in [6, 6.07) is 11.8. The Morgan fingerprint density at radius 2 is 2.06 bits per heavy atom. The van der Waals surface area contributed by atoms with Gasteiger partial charge in [0.2, 0.25) is 0 Å². The van der Waals surface area contributed by atoms with Crippen LogP contribution in [0.5, 0.6) is 0 Å². The number of hydrogen-bond donors (Lipinski definition) is 2. The lowest BCUT2D eigenvalue weighted by atomic mass is 10.1. The lowest BCUT2D eigenvalue weighted by molar-refractivity contribution is 0.0791. The number of carbonyl (C=O) groups is 1. The van der Waals surface area contributed by atoms with Gasteiger partial charge in [-0.3, -0.25) is 4.79 Å². The maximum absolute atomic E-state index is 12.0. The van der Waals surface area contributed by atoms with E-state index in [1.165, 1.54) is 5.56 Å². The second-order valence-electron chi connectivity index (χ2n) is 4.31. The molecule has 0 spiro atoms. The van der Waals surface area contributed by atoms with Gasteiger partial charge >= 0.3 is 0 Å². The SMILES string of the molecule is CN(CCc1ccccc1)C(=O)c1cc(N)c[nH]1. The molecule has 0 bridgehead atoms. The predicted molar refractivity (Wildman–Crippen MR) is 72.3 cm³/mol. The molecule has 18 heavy (non-hydrogen) atoms. The summed E-state index contributed by atoms with van der Waals surface area (Å²) in [5, 5.41) is 0. The molecule has 0 saturated carbocycles. The van der Waals surface area contributed by atoms with E-state index < -0.39 is 0 Å². The average Bonchev–Trinajstić information content (AvgIpc) is 2.83. The van der Waals surface area contributed by atoms with Crippen LogP contribution in [0.25, 0.3) is 0 Å². The molecule has 94 valence electrons. The summed E-state index contributed by atoms with van der Waals surface area (Å²) in [4.78, 5) is 16.6. The Morgan fingerprint density at radius 3 is 2.67 bits per heavy atom. The molecule has 0 saturated heterocycles. The van der Waals surface area contributed by atoms with Crippen LogP contribution < -0.4 is 5.73 Å². The molecule has 0 fully saturated rings. The summed E-state index contributed by atoms with van der Waals surface area (Å²) >= 11 is 0. The van der Waals surface area contributed by atoms with Gasteiger partial charge in [0.15, 0.2) is 0 Å². The molecule has 0 unspecified atom stereocenters. The summed E-state index contributed by atoms with van der Waals surface area (Å²) < 4.78 is 0. The van der Waals surface area contributed by atoms with Crippen LogP contribution >= 0.6 is 0 Å². The summed E-state index contributed by atoms with van der Waals surface area (Å²) in [5.74, 6) is -0.0392. The maximum atomic E-state index is 12.0. The zero-order valence-corrected chi connectivity index (χ0v) is 10.4. The third kappa shape index (κ3) is 2.91. The number of nitrogen functional groups attached to an aromatic ring is 1. The summed E-state index contributed by atoms with van der Waals surface area (Å²) in [5.41, 5.74) is 7.91. The highest BCUT2D eigenvalue weighted by molar-refractivity contribution is 5.93. The monoisotopic (exact) mass is 243 g/mol. The first-order valence-electron chi connectivity index (χ1n) is 5.90. The number of benzene rings is 1. The third-order valence-corrected chi connectivity index (χ3v) is 2.86. The van der Waals surface area contributed by atoms with Gasteiger partial charge in [-0.15, -0.1) is 0 Å².